The van der Waals surface area contributed by atoms with Crippen LogP contribution in [0.4, 0.5) is 0 Å². The molecule has 38 heavy (non-hydrogen) atoms. The molecule has 1 spiro atoms. The lowest BCUT2D eigenvalue weighted by Gasteiger charge is -2.40. The first-order valence-electron chi connectivity index (χ1n) is 13.4. The Morgan fingerprint density at radius 3 is 2.00 bits per heavy atom. The standard InChI is InChI=1S/C37H29N/c1-24-17-25(2)19-27(18-24)20-26-15-16-34-31(21-26)36-30(23-38-3)11-8-14-35(36)37(34)32-12-6-4-9-28(32)22-29-10-5-7-13-33(29)37/h4-19,21H,20,22-23H2,1-2H3. The van der Waals surface area contributed by atoms with Crippen LogP contribution in [0.3, 0.4) is 0 Å². The Hall–Kier alpha value is -4.41. The van der Waals surface area contributed by atoms with Crippen LogP contribution in [0.2, 0.25) is 0 Å². The Morgan fingerprint density at radius 2 is 1.32 bits per heavy atom. The van der Waals surface area contributed by atoms with Crippen molar-refractivity contribution in [2.45, 2.75) is 38.6 Å². The van der Waals surface area contributed by atoms with Gasteiger partial charge in [-0.15, -0.1) is 0 Å². The first-order chi connectivity index (χ1) is 18.6. The van der Waals surface area contributed by atoms with Crippen molar-refractivity contribution < 1.29 is 0 Å². The normalized spacial score (nSPS) is 13.8. The third-order valence-corrected chi connectivity index (χ3v) is 8.47. The third kappa shape index (κ3) is 3.24. The van der Waals surface area contributed by atoms with Gasteiger partial charge in [-0.3, -0.25) is 0 Å². The summed E-state index contributed by atoms with van der Waals surface area (Å²) in [6.45, 7) is 12.5. The number of hydrogen-bond acceptors (Lipinski definition) is 0. The van der Waals surface area contributed by atoms with Gasteiger partial charge in [0.25, 0.3) is 0 Å². The average molecular weight is 488 g/mol. The Morgan fingerprint density at radius 1 is 0.658 bits per heavy atom. The van der Waals surface area contributed by atoms with E-state index >= 15 is 0 Å². The third-order valence-electron chi connectivity index (χ3n) is 8.47. The summed E-state index contributed by atoms with van der Waals surface area (Å²) in [4.78, 5) is 3.84. The monoisotopic (exact) mass is 487 g/mol. The molecule has 0 saturated heterocycles. The minimum atomic E-state index is -0.368. The second-order valence-corrected chi connectivity index (χ2v) is 10.9. The Kier molecular flexibility index (Phi) is 5.14. The molecule has 0 unspecified atom stereocenters. The summed E-state index contributed by atoms with van der Waals surface area (Å²) in [7, 11) is 0. The average Bonchev–Trinajstić information content (AvgIpc) is 3.20. The van der Waals surface area contributed by atoms with Gasteiger partial charge in [0.05, 0.1) is 5.41 Å². The SMILES string of the molecule is [C-]#[N+]Cc1cccc2c1-c1cc(Cc3cc(C)cc(C)c3)ccc1C21c2ccccc2Cc2ccccc21. The van der Waals surface area contributed by atoms with Crippen LogP contribution in [0.5, 0.6) is 0 Å². The van der Waals surface area contributed by atoms with E-state index in [1.807, 2.05) is 0 Å². The van der Waals surface area contributed by atoms with Crippen molar-refractivity contribution >= 4 is 0 Å². The van der Waals surface area contributed by atoms with Crippen molar-refractivity contribution in [2.75, 3.05) is 0 Å². The van der Waals surface area contributed by atoms with E-state index in [0.717, 1.165) is 18.4 Å². The molecular formula is C37H29N. The van der Waals surface area contributed by atoms with E-state index in [2.05, 4.69) is 122 Å². The van der Waals surface area contributed by atoms with Crippen LogP contribution in [-0.2, 0) is 24.8 Å². The van der Waals surface area contributed by atoms with Crippen LogP contribution in [0.1, 0.15) is 61.2 Å². The first kappa shape index (κ1) is 22.8. The summed E-state index contributed by atoms with van der Waals surface area (Å²) in [6.07, 6.45) is 1.85. The van der Waals surface area contributed by atoms with E-state index in [1.165, 1.54) is 66.8 Å². The zero-order chi connectivity index (χ0) is 25.9. The smallest absolute Gasteiger partial charge is 0.240 e. The Bertz CT molecular complexity index is 1720. The number of hydrogen-bond donors (Lipinski definition) is 0. The maximum Gasteiger partial charge on any atom is 0.240 e. The molecule has 7 rings (SSSR count). The molecule has 0 saturated carbocycles. The molecule has 0 amide bonds. The number of aryl methyl sites for hydroxylation is 2. The van der Waals surface area contributed by atoms with Gasteiger partial charge in [-0.05, 0) is 82.3 Å². The van der Waals surface area contributed by atoms with Crippen LogP contribution in [-0.4, -0.2) is 0 Å². The highest BCUT2D eigenvalue weighted by Crippen LogP contribution is 2.60. The van der Waals surface area contributed by atoms with Crippen molar-refractivity contribution in [3.63, 3.8) is 0 Å². The van der Waals surface area contributed by atoms with Crippen LogP contribution in [0, 0.1) is 20.4 Å². The molecule has 182 valence electrons. The number of benzene rings is 5. The summed E-state index contributed by atoms with van der Waals surface area (Å²) >= 11 is 0. The van der Waals surface area contributed by atoms with E-state index in [9.17, 15) is 0 Å². The first-order valence-corrected chi connectivity index (χ1v) is 13.4. The summed E-state index contributed by atoms with van der Waals surface area (Å²) in [5, 5.41) is 0. The lowest BCUT2D eigenvalue weighted by atomic mass is 9.61. The molecule has 0 radical (unpaired) electrons. The molecule has 0 aliphatic heterocycles. The zero-order valence-corrected chi connectivity index (χ0v) is 21.9. The van der Waals surface area contributed by atoms with Crippen molar-refractivity contribution in [2.24, 2.45) is 0 Å². The highest BCUT2D eigenvalue weighted by molar-refractivity contribution is 5.89. The maximum absolute atomic E-state index is 7.71. The van der Waals surface area contributed by atoms with Gasteiger partial charge < -0.3 is 4.85 Å². The zero-order valence-electron chi connectivity index (χ0n) is 21.9. The van der Waals surface area contributed by atoms with Crippen molar-refractivity contribution in [3.05, 3.63) is 176 Å². The largest absolute Gasteiger partial charge is 0.312 e. The van der Waals surface area contributed by atoms with Crippen LogP contribution in [0.15, 0.2) is 103 Å². The molecule has 0 fully saturated rings. The number of nitrogens with zero attached hydrogens (tertiary/aromatic N) is 1. The Balaban J connectivity index is 1.53. The number of rotatable bonds is 3. The fourth-order valence-electron chi connectivity index (χ4n) is 7.25. The molecule has 5 aromatic rings. The van der Waals surface area contributed by atoms with Gasteiger partial charge in [0.2, 0.25) is 6.54 Å². The van der Waals surface area contributed by atoms with Crippen LogP contribution in [0.25, 0.3) is 16.0 Å². The minimum absolute atomic E-state index is 0.368. The summed E-state index contributed by atoms with van der Waals surface area (Å²) in [5.74, 6) is 0. The lowest BCUT2D eigenvalue weighted by Crippen LogP contribution is -2.34. The van der Waals surface area contributed by atoms with Gasteiger partial charge in [-0.2, -0.15) is 0 Å². The van der Waals surface area contributed by atoms with E-state index < -0.39 is 0 Å². The molecule has 1 heteroatoms. The van der Waals surface area contributed by atoms with E-state index in [0.29, 0.717) is 6.54 Å². The predicted octanol–water partition coefficient (Wildman–Crippen LogP) is 8.58. The number of fused-ring (bicyclic) bond motifs is 9. The Labute approximate surface area is 225 Å². The van der Waals surface area contributed by atoms with Crippen molar-refractivity contribution in [1.82, 2.24) is 0 Å². The van der Waals surface area contributed by atoms with Crippen molar-refractivity contribution in [1.29, 1.82) is 0 Å². The molecule has 0 bridgehead atoms. The topological polar surface area (TPSA) is 4.36 Å². The summed E-state index contributed by atoms with van der Waals surface area (Å²) in [6, 6.07) is 38.5. The second kappa shape index (κ2) is 8.57. The van der Waals surface area contributed by atoms with Crippen LogP contribution >= 0.6 is 0 Å². The quantitative estimate of drug-likeness (QED) is 0.220. The second-order valence-electron chi connectivity index (χ2n) is 10.9. The van der Waals surface area contributed by atoms with Gasteiger partial charge in [0.1, 0.15) is 0 Å². The highest BCUT2D eigenvalue weighted by atomic mass is 14.6. The fourth-order valence-corrected chi connectivity index (χ4v) is 7.25. The van der Waals surface area contributed by atoms with Crippen LogP contribution < -0.4 is 0 Å². The predicted molar refractivity (Wildman–Crippen MR) is 156 cm³/mol. The van der Waals surface area contributed by atoms with E-state index in [4.69, 9.17) is 6.57 Å². The van der Waals surface area contributed by atoms with Gasteiger partial charge in [-0.1, -0.05) is 114 Å². The highest BCUT2D eigenvalue weighted by Gasteiger charge is 2.50. The van der Waals surface area contributed by atoms with Gasteiger partial charge in [0, 0.05) is 5.56 Å². The molecule has 5 aromatic carbocycles. The van der Waals surface area contributed by atoms with Gasteiger partial charge in [-0.25, -0.2) is 6.57 Å². The van der Waals surface area contributed by atoms with Crippen molar-refractivity contribution in [3.8, 4) is 11.1 Å². The lowest BCUT2D eigenvalue weighted by molar-refractivity contribution is 0.721. The molecule has 2 aliphatic rings. The molecule has 0 heterocycles. The van der Waals surface area contributed by atoms with E-state index in [-0.39, 0.29) is 5.41 Å². The minimum Gasteiger partial charge on any atom is -0.312 e. The molecule has 2 aliphatic carbocycles. The molecular weight excluding hydrogens is 458 g/mol. The van der Waals surface area contributed by atoms with Gasteiger partial charge in [0.15, 0.2) is 0 Å². The molecule has 0 aromatic heterocycles. The molecule has 1 nitrogen and oxygen atoms in total. The van der Waals surface area contributed by atoms with E-state index in [1.54, 1.807) is 0 Å². The molecule has 0 atom stereocenters. The molecule has 0 N–H and O–H groups in total. The summed E-state index contributed by atoms with van der Waals surface area (Å²) < 4.78 is 0. The summed E-state index contributed by atoms with van der Waals surface area (Å²) in [5.41, 5.74) is 16.8. The van der Waals surface area contributed by atoms with Gasteiger partial charge >= 0.3 is 0 Å². The maximum atomic E-state index is 7.71. The fraction of sp³-hybridized carbons (Fsp3) is 0.162.